The molecule has 4 rings (SSSR count). The predicted molar refractivity (Wildman–Crippen MR) is 89.9 cm³/mol. The Bertz CT molecular complexity index is 847. The van der Waals surface area contributed by atoms with Gasteiger partial charge < -0.3 is 14.9 Å². The number of fused-ring (bicyclic) bond motifs is 1. The summed E-state index contributed by atoms with van der Waals surface area (Å²) in [5.74, 6) is -0.519. The summed E-state index contributed by atoms with van der Waals surface area (Å²) in [7, 11) is 0. The first-order valence-corrected chi connectivity index (χ1v) is 8.37. The molecule has 2 amide bonds. The maximum atomic E-state index is 14.5. The van der Waals surface area contributed by atoms with Gasteiger partial charge in [-0.1, -0.05) is 12.1 Å². The third kappa shape index (κ3) is 2.77. The fourth-order valence-corrected chi connectivity index (χ4v) is 3.84. The quantitative estimate of drug-likeness (QED) is 0.889. The summed E-state index contributed by atoms with van der Waals surface area (Å²) in [4.78, 5) is 35.3. The number of rotatable bonds is 2. The monoisotopic (exact) mass is 356 g/mol. The summed E-state index contributed by atoms with van der Waals surface area (Å²) in [6.07, 6.45) is 2.15. The van der Waals surface area contributed by atoms with E-state index in [9.17, 15) is 14.0 Å². The van der Waals surface area contributed by atoms with Crippen LogP contribution in [0.5, 0.6) is 0 Å². The van der Waals surface area contributed by atoms with Crippen LogP contribution in [0.3, 0.4) is 0 Å². The Morgan fingerprint density at radius 2 is 1.62 bits per heavy atom. The van der Waals surface area contributed by atoms with E-state index in [1.165, 1.54) is 17.0 Å². The maximum absolute atomic E-state index is 14.5. The Morgan fingerprint density at radius 3 is 2.23 bits per heavy atom. The van der Waals surface area contributed by atoms with Gasteiger partial charge in [0.2, 0.25) is 0 Å². The molecule has 1 aromatic heterocycles. The number of hydrogen-bond acceptors (Lipinski definition) is 4. The molecule has 26 heavy (non-hydrogen) atoms. The standard InChI is InChI=1S/C18H17FN4O3/c19-14-4-1-3-13(16-20-5-2-6-21-16)15(14)17(24)22-7-11-9-23(18(25)26)10-12(11)8-22/h1-6,11-12H,7-10H2,(H,25,26). The highest BCUT2D eigenvalue weighted by Gasteiger charge is 2.43. The van der Waals surface area contributed by atoms with Crippen molar-refractivity contribution in [3.8, 4) is 11.4 Å². The number of amides is 2. The van der Waals surface area contributed by atoms with E-state index in [1.54, 1.807) is 29.4 Å². The van der Waals surface area contributed by atoms with Gasteiger partial charge in [-0.15, -0.1) is 0 Å². The van der Waals surface area contributed by atoms with Gasteiger partial charge in [-0.05, 0) is 12.1 Å². The summed E-state index contributed by atoms with van der Waals surface area (Å²) >= 11 is 0. The van der Waals surface area contributed by atoms with E-state index in [4.69, 9.17) is 5.11 Å². The van der Waals surface area contributed by atoms with Gasteiger partial charge in [-0.3, -0.25) is 4.79 Å². The van der Waals surface area contributed by atoms with Gasteiger partial charge in [0.15, 0.2) is 5.82 Å². The molecule has 0 bridgehead atoms. The maximum Gasteiger partial charge on any atom is 0.407 e. The van der Waals surface area contributed by atoms with Gasteiger partial charge in [-0.25, -0.2) is 19.2 Å². The fourth-order valence-electron chi connectivity index (χ4n) is 3.84. The molecule has 134 valence electrons. The molecule has 2 aromatic rings. The van der Waals surface area contributed by atoms with E-state index < -0.39 is 17.8 Å². The molecule has 1 N–H and O–H groups in total. The predicted octanol–water partition coefficient (Wildman–Crippen LogP) is 1.96. The molecule has 0 radical (unpaired) electrons. The lowest BCUT2D eigenvalue weighted by Gasteiger charge is -2.21. The number of carbonyl (C=O) groups excluding carboxylic acids is 1. The molecule has 7 nitrogen and oxygen atoms in total. The zero-order chi connectivity index (χ0) is 18.3. The van der Waals surface area contributed by atoms with Crippen molar-refractivity contribution >= 4 is 12.0 Å². The van der Waals surface area contributed by atoms with Crippen LogP contribution in [0.25, 0.3) is 11.4 Å². The molecular formula is C18H17FN4O3. The molecule has 2 fully saturated rings. The summed E-state index contributed by atoms with van der Waals surface area (Å²) in [5.41, 5.74) is 0.327. The minimum atomic E-state index is -0.935. The number of halogens is 1. The summed E-state index contributed by atoms with van der Waals surface area (Å²) in [5, 5.41) is 9.10. The molecule has 0 saturated carbocycles. The zero-order valence-electron chi connectivity index (χ0n) is 13.9. The van der Waals surface area contributed by atoms with Gasteiger partial charge in [-0.2, -0.15) is 0 Å². The highest BCUT2D eigenvalue weighted by molar-refractivity contribution is 6.00. The van der Waals surface area contributed by atoms with Crippen LogP contribution < -0.4 is 0 Å². The summed E-state index contributed by atoms with van der Waals surface area (Å²) in [6, 6.07) is 6.07. The highest BCUT2D eigenvalue weighted by Crippen LogP contribution is 2.33. The van der Waals surface area contributed by atoms with E-state index in [0.717, 1.165) is 0 Å². The third-order valence-corrected chi connectivity index (χ3v) is 5.08. The molecule has 3 heterocycles. The normalized spacial score (nSPS) is 21.7. The van der Waals surface area contributed by atoms with Crippen LogP contribution in [0.4, 0.5) is 9.18 Å². The van der Waals surface area contributed by atoms with Gasteiger partial charge in [0, 0.05) is 56.0 Å². The molecule has 2 atom stereocenters. The van der Waals surface area contributed by atoms with E-state index in [2.05, 4.69) is 9.97 Å². The minimum Gasteiger partial charge on any atom is -0.465 e. The molecule has 2 aliphatic heterocycles. The molecule has 0 aliphatic carbocycles. The topological polar surface area (TPSA) is 86.6 Å². The Balaban J connectivity index is 1.60. The van der Waals surface area contributed by atoms with Gasteiger partial charge in [0.1, 0.15) is 5.82 Å². The number of carboxylic acid groups (broad SMARTS) is 1. The lowest BCUT2D eigenvalue weighted by Crippen LogP contribution is -2.35. The number of hydrogen-bond donors (Lipinski definition) is 1. The largest absolute Gasteiger partial charge is 0.465 e. The average molecular weight is 356 g/mol. The van der Waals surface area contributed by atoms with E-state index in [1.807, 2.05) is 0 Å². The first kappa shape index (κ1) is 16.4. The van der Waals surface area contributed by atoms with E-state index in [0.29, 0.717) is 37.6 Å². The molecule has 8 heteroatoms. The van der Waals surface area contributed by atoms with Crippen LogP contribution >= 0.6 is 0 Å². The molecule has 2 aliphatic rings. The second kappa shape index (κ2) is 6.36. The average Bonchev–Trinajstić information content (AvgIpc) is 3.21. The van der Waals surface area contributed by atoms with Crippen molar-refractivity contribution in [3.05, 3.63) is 48.0 Å². The smallest absolute Gasteiger partial charge is 0.407 e. The lowest BCUT2D eigenvalue weighted by atomic mass is 10.0. The van der Waals surface area contributed by atoms with Crippen molar-refractivity contribution < 1.29 is 19.1 Å². The van der Waals surface area contributed by atoms with Gasteiger partial charge in [0.25, 0.3) is 5.91 Å². The van der Waals surface area contributed by atoms with Crippen molar-refractivity contribution in [2.75, 3.05) is 26.2 Å². The number of benzene rings is 1. The first-order valence-electron chi connectivity index (χ1n) is 8.37. The number of nitrogens with zero attached hydrogens (tertiary/aromatic N) is 4. The SMILES string of the molecule is O=C(O)N1CC2CN(C(=O)c3c(F)cccc3-c3ncccn3)CC2C1. The lowest BCUT2D eigenvalue weighted by molar-refractivity contribution is 0.0770. The third-order valence-electron chi connectivity index (χ3n) is 5.08. The first-order chi connectivity index (χ1) is 12.5. The fraction of sp³-hybridized carbons (Fsp3) is 0.333. The van der Waals surface area contributed by atoms with Crippen molar-refractivity contribution in [2.24, 2.45) is 11.8 Å². The van der Waals surface area contributed by atoms with Crippen LogP contribution in [0.1, 0.15) is 10.4 Å². The van der Waals surface area contributed by atoms with E-state index >= 15 is 0 Å². The number of carbonyl (C=O) groups is 2. The Hall–Kier alpha value is -3.03. The highest BCUT2D eigenvalue weighted by atomic mass is 19.1. The van der Waals surface area contributed by atoms with Crippen molar-refractivity contribution in [3.63, 3.8) is 0 Å². The molecule has 1 aromatic carbocycles. The van der Waals surface area contributed by atoms with E-state index in [-0.39, 0.29) is 17.4 Å². The molecule has 2 saturated heterocycles. The Kier molecular flexibility index (Phi) is 4.02. The minimum absolute atomic E-state index is 0.0336. The van der Waals surface area contributed by atoms with Crippen LogP contribution in [0, 0.1) is 17.7 Å². The second-order valence-corrected chi connectivity index (χ2v) is 6.65. The van der Waals surface area contributed by atoms with Gasteiger partial charge >= 0.3 is 6.09 Å². The van der Waals surface area contributed by atoms with Crippen LogP contribution in [-0.4, -0.2) is 63.1 Å². The number of likely N-dealkylation sites (tertiary alicyclic amines) is 2. The van der Waals surface area contributed by atoms with Crippen molar-refractivity contribution in [1.82, 2.24) is 19.8 Å². The molecule has 0 spiro atoms. The Labute approximate surface area is 149 Å². The second-order valence-electron chi connectivity index (χ2n) is 6.65. The summed E-state index contributed by atoms with van der Waals surface area (Å²) < 4.78 is 14.5. The molecular weight excluding hydrogens is 339 g/mol. The summed E-state index contributed by atoms with van der Waals surface area (Å²) in [6.45, 7) is 1.68. The van der Waals surface area contributed by atoms with Gasteiger partial charge in [0.05, 0.1) is 5.56 Å². The van der Waals surface area contributed by atoms with Crippen LogP contribution in [0.2, 0.25) is 0 Å². The Morgan fingerprint density at radius 1 is 1.00 bits per heavy atom. The number of aromatic nitrogens is 2. The zero-order valence-corrected chi connectivity index (χ0v) is 13.9. The van der Waals surface area contributed by atoms with Crippen molar-refractivity contribution in [2.45, 2.75) is 0 Å². The van der Waals surface area contributed by atoms with Crippen molar-refractivity contribution in [1.29, 1.82) is 0 Å². The molecule has 2 unspecified atom stereocenters. The van der Waals surface area contributed by atoms with Crippen LogP contribution in [-0.2, 0) is 0 Å². The van der Waals surface area contributed by atoms with Crippen LogP contribution in [0.15, 0.2) is 36.7 Å².